The quantitative estimate of drug-likeness (QED) is 0.0873. The second-order valence-electron chi connectivity index (χ2n) is 13.0. The second-order valence-corrected chi connectivity index (χ2v) is 13.0. The van der Waals surface area contributed by atoms with E-state index >= 15 is 0 Å². The number of fused-ring (bicyclic) bond motifs is 1. The summed E-state index contributed by atoms with van der Waals surface area (Å²) in [5.41, 5.74) is 7.95. The van der Waals surface area contributed by atoms with Crippen molar-refractivity contribution in [3.63, 3.8) is 0 Å². The van der Waals surface area contributed by atoms with Crippen LogP contribution < -0.4 is 5.73 Å². The molecule has 0 radical (unpaired) electrons. The summed E-state index contributed by atoms with van der Waals surface area (Å²) < 4.78 is 13.2. The lowest BCUT2D eigenvalue weighted by Crippen LogP contribution is -2.24. The second kappa shape index (κ2) is 21.9. The van der Waals surface area contributed by atoms with Crippen LogP contribution in [0, 0.1) is 24.7 Å². The summed E-state index contributed by atoms with van der Waals surface area (Å²) in [5, 5.41) is 0. The number of rotatable bonds is 25. The Kier molecular flexibility index (Phi) is 18.7. The molecule has 0 fully saturated rings. The Bertz CT molecular complexity index is 1090. The molecule has 9 nitrogen and oxygen atoms in total. The molecule has 2 aromatic rings. The summed E-state index contributed by atoms with van der Waals surface area (Å²) in [5.74, 6) is -0.205. The minimum absolute atomic E-state index is 0.0731. The predicted molar refractivity (Wildman–Crippen MR) is 178 cm³/mol. The number of anilines is 1. The third-order valence-electron chi connectivity index (χ3n) is 8.72. The van der Waals surface area contributed by atoms with Crippen LogP contribution in [0.5, 0.6) is 0 Å². The first-order valence-corrected chi connectivity index (χ1v) is 17.5. The molecular weight excluding hydrogens is 554 g/mol. The summed E-state index contributed by atoms with van der Waals surface area (Å²) in [6.45, 7) is 11.0. The van der Waals surface area contributed by atoms with Gasteiger partial charge < -0.3 is 19.8 Å². The Balaban J connectivity index is 1.68. The largest absolute Gasteiger partial charge is 0.465 e. The van der Waals surface area contributed by atoms with E-state index in [9.17, 15) is 9.59 Å². The molecule has 0 aromatic carbocycles. The number of carbonyl (C=O) groups excluding carboxylic acids is 2. The Morgan fingerprint density at radius 3 is 1.98 bits per heavy atom. The van der Waals surface area contributed by atoms with Crippen molar-refractivity contribution in [3.8, 4) is 0 Å². The highest BCUT2D eigenvalue weighted by Crippen LogP contribution is 2.19. The number of hydrogen-bond acceptors (Lipinski definition) is 8. The van der Waals surface area contributed by atoms with E-state index in [1.807, 2.05) is 32.3 Å². The minimum Gasteiger partial charge on any atom is -0.465 e. The molecular formula is C35H61N5O4. The number of nitrogens with zero attached hydrogens (tertiary/aromatic N) is 4. The number of hydrogen-bond donors (Lipinski definition) is 1. The molecule has 0 spiro atoms. The third kappa shape index (κ3) is 14.8. The molecule has 44 heavy (non-hydrogen) atoms. The smallest absolute Gasteiger partial charge is 0.308 e. The molecule has 2 unspecified atom stereocenters. The fourth-order valence-electron chi connectivity index (χ4n) is 5.40. The molecule has 0 aliphatic heterocycles. The van der Waals surface area contributed by atoms with Gasteiger partial charge in [-0.1, -0.05) is 118 Å². The first-order valence-electron chi connectivity index (χ1n) is 17.5. The van der Waals surface area contributed by atoms with E-state index in [0.29, 0.717) is 36.2 Å². The van der Waals surface area contributed by atoms with Crippen LogP contribution >= 0.6 is 0 Å². The van der Waals surface area contributed by atoms with Gasteiger partial charge in [-0.25, -0.2) is 9.97 Å². The van der Waals surface area contributed by atoms with E-state index in [2.05, 4.69) is 21.9 Å². The highest BCUT2D eigenvalue weighted by Gasteiger charge is 2.21. The van der Waals surface area contributed by atoms with E-state index < -0.39 is 0 Å². The number of carbonyl (C=O) groups is 2. The van der Waals surface area contributed by atoms with E-state index in [0.717, 1.165) is 12.8 Å². The van der Waals surface area contributed by atoms with Gasteiger partial charge in [0, 0.05) is 18.9 Å². The molecule has 0 aliphatic carbocycles. The number of ether oxygens (including phenoxy) is 2. The van der Waals surface area contributed by atoms with Crippen molar-refractivity contribution in [3.05, 3.63) is 12.0 Å². The van der Waals surface area contributed by atoms with Crippen molar-refractivity contribution in [1.29, 1.82) is 0 Å². The van der Waals surface area contributed by atoms with Gasteiger partial charge in [0.1, 0.15) is 5.52 Å². The number of esters is 2. The number of nitrogen functional groups attached to an aromatic ring is 1. The zero-order valence-electron chi connectivity index (χ0n) is 28.5. The highest BCUT2D eigenvalue weighted by molar-refractivity contribution is 5.74. The molecule has 2 rings (SSSR count). The topological polar surface area (TPSA) is 122 Å². The van der Waals surface area contributed by atoms with Gasteiger partial charge in [-0.2, -0.15) is 4.98 Å². The van der Waals surface area contributed by atoms with Crippen LogP contribution in [0.4, 0.5) is 5.95 Å². The zero-order valence-corrected chi connectivity index (χ0v) is 28.5. The molecule has 2 aromatic heterocycles. The molecule has 250 valence electrons. The standard InChI is InChI=1S/C35H61N5O4/c1-6-7-8-9-10-11-12-13-14-15-16-17-18-19-20-21-31(41)44-25-30(22-23-43-34(42)28(4)27(2)3)24-40-26-37-32-29(5)38-35(36)39-33(32)40/h26-28,30H,6-25H2,1-5H3,(H2,36,38,39). The lowest BCUT2D eigenvalue weighted by atomic mass is 9.98. The predicted octanol–water partition coefficient (Wildman–Crippen LogP) is 8.36. The molecule has 0 saturated heterocycles. The molecule has 9 heteroatoms. The van der Waals surface area contributed by atoms with Crippen molar-refractivity contribution in [2.75, 3.05) is 18.9 Å². The van der Waals surface area contributed by atoms with Gasteiger partial charge in [-0.15, -0.1) is 0 Å². The summed E-state index contributed by atoms with van der Waals surface area (Å²) in [6.07, 6.45) is 22.1. The van der Waals surface area contributed by atoms with Crippen LogP contribution in [0.2, 0.25) is 0 Å². The first-order chi connectivity index (χ1) is 21.2. The lowest BCUT2D eigenvalue weighted by molar-refractivity contribution is -0.151. The summed E-state index contributed by atoms with van der Waals surface area (Å²) in [4.78, 5) is 38.0. The maximum atomic E-state index is 12.6. The third-order valence-corrected chi connectivity index (χ3v) is 8.72. The van der Waals surface area contributed by atoms with Gasteiger partial charge in [0.15, 0.2) is 5.65 Å². The number of unbranched alkanes of at least 4 members (excludes halogenated alkanes) is 14. The fraction of sp³-hybridized carbons (Fsp3) is 0.800. The van der Waals surface area contributed by atoms with Crippen LogP contribution in [0.1, 0.15) is 143 Å². The summed E-state index contributed by atoms with van der Waals surface area (Å²) in [7, 11) is 0. The summed E-state index contributed by atoms with van der Waals surface area (Å²) >= 11 is 0. The normalized spacial score (nSPS) is 13.0. The maximum Gasteiger partial charge on any atom is 0.308 e. The molecule has 2 heterocycles. The number of aryl methyl sites for hydroxylation is 1. The first kappa shape index (κ1) is 37.5. The average molecular weight is 616 g/mol. The molecule has 0 saturated carbocycles. The lowest BCUT2D eigenvalue weighted by Gasteiger charge is -2.19. The van der Waals surface area contributed by atoms with Gasteiger partial charge >= 0.3 is 11.9 Å². The van der Waals surface area contributed by atoms with Crippen LogP contribution in [-0.4, -0.2) is 44.7 Å². The maximum absolute atomic E-state index is 12.6. The van der Waals surface area contributed by atoms with Crippen LogP contribution in [0.15, 0.2) is 6.33 Å². The van der Waals surface area contributed by atoms with Gasteiger partial charge in [-0.05, 0) is 25.7 Å². The molecule has 0 amide bonds. The Labute approximate surface area is 266 Å². The van der Waals surface area contributed by atoms with E-state index in [-0.39, 0.29) is 48.9 Å². The van der Waals surface area contributed by atoms with Crippen molar-refractivity contribution in [2.24, 2.45) is 17.8 Å². The minimum atomic E-state index is -0.201. The van der Waals surface area contributed by atoms with Crippen molar-refractivity contribution >= 4 is 29.1 Å². The van der Waals surface area contributed by atoms with Crippen molar-refractivity contribution in [1.82, 2.24) is 19.5 Å². The highest BCUT2D eigenvalue weighted by atomic mass is 16.5. The number of nitrogens with two attached hydrogens (primary N) is 1. The summed E-state index contributed by atoms with van der Waals surface area (Å²) in [6, 6.07) is 0. The van der Waals surface area contributed by atoms with E-state index in [4.69, 9.17) is 15.2 Å². The molecule has 2 N–H and O–H groups in total. The Morgan fingerprint density at radius 1 is 0.841 bits per heavy atom. The van der Waals surface area contributed by atoms with Gasteiger partial charge in [0.2, 0.25) is 5.95 Å². The van der Waals surface area contributed by atoms with Crippen LogP contribution in [-0.2, 0) is 25.6 Å². The molecule has 2 atom stereocenters. The van der Waals surface area contributed by atoms with Crippen molar-refractivity contribution < 1.29 is 19.1 Å². The van der Waals surface area contributed by atoms with Crippen LogP contribution in [0.25, 0.3) is 11.2 Å². The zero-order chi connectivity index (χ0) is 32.2. The average Bonchev–Trinajstić information content (AvgIpc) is 3.39. The number of imidazole rings is 1. The monoisotopic (exact) mass is 615 g/mol. The SMILES string of the molecule is CCCCCCCCCCCCCCCCCC(=O)OCC(CCOC(=O)C(C)C(C)C)Cn1cnc2c(C)nc(N)nc21. The van der Waals surface area contributed by atoms with Crippen molar-refractivity contribution in [2.45, 2.75) is 150 Å². The molecule has 0 aliphatic rings. The Hall–Kier alpha value is -2.71. The van der Waals surface area contributed by atoms with Crippen LogP contribution in [0.3, 0.4) is 0 Å². The van der Waals surface area contributed by atoms with E-state index in [1.165, 1.54) is 83.5 Å². The van der Waals surface area contributed by atoms with Gasteiger partial charge in [-0.3, -0.25) is 9.59 Å². The van der Waals surface area contributed by atoms with Gasteiger partial charge in [0.05, 0.1) is 31.2 Å². The molecule has 0 bridgehead atoms. The van der Waals surface area contributed by atoms with Gasteiger partial charge in [0.25, 0.3) is 0 Å². The van der Waals surface area contributed by atoms with E-state index in [1.54, 1.807) is 6.33 Å². The fourth-order valence-corrected chi connectivity index (χ4v) is 5.40. The Morgan fingerprint density at radius 2 is 1.41 bits per heavy atom. The number of aromatic nitrogens is 4.